The molecule has 43 heavy (non-hydrogen) atoms. The molecule has 0 spiro atoms. The zero-order chi connectivity index (χ0) is 29.7. The van der Waals surface area contributed by atoms with E-state index in [1.807, 2.05) is 121 Å². The predicted octanol–water partition coefficient (Wildman–Crippen LogP) is 6.65. The van der Waals surface area contributed by atoms with Crippen LogP contribution in [0.5, 0.6) is 5.75 Å². The molecule has 0 radical (unpaired) electrons. The Labute approximate surface area is 250 Å². The molecule has 1 aliphatic rings. The third-order valence-corrected chi connectivity index (χ3v) is 8.10. The van der Waals surface area contributed by atoms with E-state index in [9.17, 15) is 14.7 Å². The van der Waals surface area contributed by atoms with Crippen molar-refractivity contribution in [1.82, 2.24) is 5.48 Å². The minimum atomic E-state index is -1.38. The van der Waals surface area contributed by atoms with Gasteiger partial charge in [-0.2, -0.15) is 0 Å². The number of ether oxygens (including phenoxy) is 1. The van der Waals surface area contributed by atoms with Crippen LogP contribution in [0.4, 0.5) is 0 Å². The van der Waals surface area contributed by atoms with Crippen LogP contribution < -0.4 is 10.2 Å². The van der Waals surface area contributed by atoms with Crippen LogP contribution in [-0.4, -0.2) is 17.0 Å². The Balaban J connectivity index is 1.28. The molecule has 6 rings (SSSR count). The lowest BCUT2D eigenvalue weighted by Crippen LogP contribution is -2.42. The number of carboxylic acid groups (broad SMARTS) is 1. The van der Waals surface area contributed by atoms with Crippen molar-refractivity contribution in [3.63, 3.8) is 0 Å². The highest BCUT2D eigenvalue weighted by Crippen LogP contribution is 2.55. The van der Waals surface area contributed by atoms with Gasteiger partial charge in [-0.05, 0) is 46.4 Å². The highest BCUT2D eigenvalue weighted by Gasteiger charge is 2.65. The van der Waals surface area contributed by atoms with E-state index < -0.39 is 28.8 Å². The fraction of sp³-hybridized carbons (Fsp3) is 0.135. The third-order valence-electron chi connectivity index (χ3n) is 8.10. The Morgan fingerprint density at radius 1 is 0.721 bits per heavy atom. The Morgan fingerprint density at radius 2 is 1.23 bits per heavy atom. The standard InChI is InChI=1S/C37H31NO5/c39-34(33-25-36(33,35(40)41)31-22-13-23-32(24-31)42-26-27-14-5-1-6-15-27)38-43-37(28-16-7-2-8-17-28,29-18-9-3-10-19-29)30-20-11-4-12-21-30/h1-24,33H,25-26H2,(H,38,39)(H,40,41)/t33-,36-/m1/s1. The van der Waals surface area contributed by atoms with Crippen molar-refractivity contribution in [2.45, 2.75) is 24.0 Å². The minimum Gasteiger partial charge on any atom is -0.489 e. The normalized spacial score (nSPS) is 17.5. The van der Waals surface area contributed by atoms with Crippen LogP contribution in [0.15, 0.2) is 146 Å². The van der Waals surface area contributed by atoms with Gasteiger partial charge in [-0.1, -0.05) is 133 Å². The fourth-order valence-electron chi connectivity index (χ4n) is 5.76. The van der Waals surface area contributed by atoms with E-state index in [4.69, 9.17) is 9.57 Å². The lowest BCUT2D eigenvalue weighted by atomic mass is 9.80. The maximum absolute atomic E-state index is 13.7. The number of nitrogens with one attached hydrogen (secondary N) is 1. The predicted molar refractivity (Wildman–Crippen MR) is 163 cm³/mol. The molecule has 1 aliphatic carbocycles. The molecule has 0 unspecified atom stereocenters. The first-order chi connectivity index (χ1) is 21.0. The number of aliphatic carboxylic acids is 1. The van der Waals surface area contributed by atoms with Gasteiger partial charge in [0.25, 0.3) is 0 Å². The number of benzene rings is 5. The van der Waals surface area contributed by atoms with Crippen molar-refractivity contribution in [2.75, 3.05) is 0 Å². The first-order valence-corrected chi connectivity index (χ1v) is 14.2. The zero-order valence-corrected chi connectivity index (χ0v) is 23.4. The van der Waals surface area contributed by atoms with Gasteiger partial charge in [0.05, 0.1) is 5.92 Å². The van der Waals surface area contributed by atoms with Crippen molar-refractivity contribution >= 4 is 11.9 Å². The molecule has 5 aromatic rings. The molecule has 0 saturated heterocycles. The summed E-state index contributed by atoms with van der Waals surface area (Å²) in [6, 6.07) is 45.7. The van der Waals surface area contributed by atoms with E-state index in [1.54, 1.807) is 24.3 Å². The first-order valence-electron chi connectivity index (χ1n) is 14.2. The lowest BCUT2D eigenvalue weighted by molar-refractivity contribution is -0.149. The van der Waals surface area contributed by atoms with Gasteiger partial charge >= 0.3 is 5.97 Å². The van der Waals surface area contributed by atoms with Gasteiger partial charge in [0.2, 0.25) is 5.91 Å². The van der Waals surface area contributed by atoms with Crippen LogP contribution in [0.25, 0.3) is 0 Å². The molecule has 0 bridgehead atoms. The second kappa shape index (κ2) is 12.0. The highest BCUT2D eigenvalue weighted by molar-refractivity contribution is 5.97. The van der Waals surface area contributed by atoms with Crippen LogP contribution in [0.2, 0.25) is 0 Å². The van der Waals surface area contributed by atoms with E-state index in [0.717, 1.165) is 22.3 Å². The topological polar surface area (TPSA) is 84.9 Å². The van der Waals surface area contributed by atoms with Crippen molar-refractivity contribution in [3.8, 4) is 5.75 Å². The summed E-state index contributed by atoms with van der Waals surface area (Å²) in [7, 11) is 0. The number of amides is 1. The summed E-state index contributed by atoms with van der Waals surface area (Å²) < 4.78 is 5.95. The van der Waals surface area contributed by atoms with Crippen LogP contribution >= 0.6 is 0 Å². The summed E-state index contributed by atoms with van der Waals surface area (Å²) in [5, 5.41) is 10.4. The van der Waals surface area contributed by atoms with Gasteiger partial charge in [-0.15, -0.1) is 0 Å². The van der Waals surface area contributed by atoms with Gasteiger partial charge in [0, 0.05) is 0 Å². The van der Waals surface area contributed by atoms with Gasteiger partial charge in [-0.3, -0.25) is 14.4 Å². The van der Waals surface area contributed by atoms with Crippen LogP contribution in [0.1, 0.15) is 34.2 Å². The van der Waals surface area contributed by atoms with E-state index in [2.05, 4.69) is 5.48 Å². The Bertz CT molecular complexity index is 1600. The molecule has 2 N–H and O–H groups in total. The molecule has 0 heterocycles. The van der Waals surface area contributed by atoms with Crippen LogP contribution in [-0.2, 0) is 32.0 Å². The van der Waals surface area contributed by atoms with Gasteiger partial charge in [0.15, 0.2) is 5.60 Å². The Kier molecular flexibility index (Phi) is 7.77. The number of hydroxylamine groups is 1. The fourth-order valence-corrected chi connectivity index (χ4v) is 5.76. The SMILES string of the molecule is O=C(NOC(c1ccccc1)(c1ccccc1)c1ccccc1)[C@H]1C[C@@]1(C(=O)O)c1cccc(OCc2ccccc2)c1. The molecule has 0 aliphatic heterocycles. The number of hydrogen-bond acceptors (Lipinski definition) is 4. The van der Waals surface area contributed by atoms with Crippen molar-refractivity contribution in [2.24, 2.45) is 5.92 Å². The van der Waals surface area contributed by atoms with Gasteiger partial charge in [-0.25, -0.2) is 5.48 Å². The van der Waals surface area contributed by atoms with Crippen molar-refractivity contribution < 1.29 is 24.3 Å². The average molecular weight is 570 g/mol. The van der Waals surface area contributed by atoms with E-state index in [1.165, 1.54) is 0 Å². The third kappa shape index (κ3) is 5.41. The summed E-state index contributed by atoms with van der Waals surface area (Å²) in [6.45, 7) is 0.350. The van der Waals surface area contributed by atoms with Crippen LogP contribution in [0.3, 0.4) is 0 Å². The molecular weight excluding hydrogens is 538 g/mol. The highest BCUT2D eigenvalue weighted by atomic mass is 16.7. The number of carboxylic acids is 1. The molecule has 1 amide bonds. The van der Waals surface area contributed by atoms with Gasteiger partial charge < -0.3 is 9.84 Å². The van der Waals surface area contributed by atoms with E-state index in [0.29, 0.717) is 17.9 Å². The first kappa shape index (κ1) is 27.9. The number of carbonyl (C=O) groups excluding carboxylic acids is 1. The van der Waals surface area contributed by atoms with E-state index >= 15 is 0 Å². The monoisotopic (exact) mass is 569 g/mol. The van der Waals surface area contributed by atoms with Crippen molar-refractivity contribution in [3.05, 3.63) is 173 Å². The minimum absolute atomic E-state index is 0.147. The molecule has 214 valence electrons. The molecular formula is C37H31NO5. The summed E-state index contributed by atoms with van der Waals surface area (Å²) in [5.41, 5.74) is 4.10. The largest absolute Gasteiger partial charge is 0.489 e. The van der Waals surface area contributed by atoms with Crippen LogP contribution in [0, 0.1) is 5.92 Å². The Hall–Kier alpha value is -5.20. The molecule has 2 atom stereocenters. The zero-order valence-electron chi connectivity index (χ0n) is 23.4. The molecule has 6 nitrogen and oxygen atoms in total. The number of carbonyl (C=O) groups is 2. The quantitative estimate of drug-likeness (QED) is 0.138. The molecule has 5 aromatic carbocycles. The van der Waals surface area contributed by atoms with Crippen molar-refractivity contribution in [1.29, 1.82) is 0 Å². The summed E-state index contributed by atoms with van der Waals surface area (Å²) >= 11 is 0. The summed E-state index contributed by atoms with van der Waals surface area (Å²) in [4.78, 5) is 32.9. The van der Waals surface area contributed by atoms with E-state index in [-0.39, 0.29) is 6.42 Å². The molecule has 1 fully saturated rings. The smallest absolute Gasteiger partial charge is 0.314 e. The molecule has 0 aromatic heterocycles. The lowest BCUT2D eigenvalue weighted by Gasteiger charge is -2.35. The van der Waals surface area contributed by atoms with Gasteiger partial charge in [0.1, 0.15) is 17.8 Å². The number of rotatable bonds is 11. The average Bonchev–Trinajstić information content (AvgIpc) is 3.84. The number of hydrogen-bond donors (Lipinski definition) is 2. The second-order valence-electron chi connectivity index (χ2n) is 10.7. The molecule has 6 heteroatoms. The summed E-state index contributed by atoms with van der Waals surface area (Å²) in [6.07, 6.45) is 0.147. The maximum Gasteiger partial charge on any atom is 0.314 e. The molecule has 1 saturated carbocycles. The Morgan fingerprint density at radius 3 is 1.74 bits per heavy atom. The second-order valence-corrected chi connectivity index (χ2v) is 10.7. The maximum atomic E-state index is 13.7. The summed E-state index contributed by atoms with van der Waals surface area (Å²) in [5.74, 6) is -1.84.